The summed E-state index contributed by atoms with van der Waals surface area (Å²) >= 11 is 0. The largest absolute Gasteiger partial charge is 0.493 e. The molecule has 0 radical (unpaired) electrons. The maximum Gasteiger partial charge on any atom is 0.335 e. The fraction of sp³-hybridized carbons (Fsp3) is 0.310. The van der Waals surface area contributed by atoms with Gasteiger partial charge >= 0.3 is 5.97 Å². The Balaban J connectivity index is 1.50. The van der Waals surface area contributed by atoms with Crippen LogP contribution in [0.5, 0.6) is 11.5 Å². The van der Waals surface area contributed by atoms with Crippen LogP contribution in [0.15, 0.2) is 59.0 Å². The minimum atomic E-state index is -0.686. The van der Waals surface area contributed by atoms with E-state index in [0.29, 0.717) is 49.0 Å². The van der Waals surface area contributed by atoms with Crippen LogP contribution in [-0.4, -0.2) is 44.5 Å². The number of hydrogen-bond acceptors (Lipinski definition) is 7. The van der Waals surface area contributed by atoms with Crippen molar-refractivity contribution in [3.8, 4) is 23.0 Å². The number of esters is 1. The predicted octanol–water partition coefficient (Wildman–Crippen LogP) is 5.69. The summed E-state index contributed by atoms with van der Waals surface area (Å²) in [6.07, 6.45) is 0.219. The highest BCUT2D eigenvalue weighted by Gasteiger charge is 2.21. The monoisotopic (exact) mass is 507 g/mol. The average Bonchev–Trinajstić information content (AvgIpc) is 3.27. The smallest absolute Gasteiger partial charge is 0.335 e. The Labute approximate surface area is 215 Å². The van der Waals surface area contributed by atoms with Gasteiger partial charge in [0.1, 0.15) is 23.1 Å². The Hall–Kier alpha value is -3.91. The molecule has 0 saturated carbocycles. The number of rotatable bonds is 11. The van der Waals surface area contributed by atoms with E-state index >= 15 is 0 Å². The first-order valence-corrected chi connectivity index (χ1v) is 12.1. The summed E-state index contributed by atoms with van der Waals surface area (Å²) in [6, 6.07) is 16.0. The third kappa shape index (κ3) is 5.91. The van der Waals surface area contributed by atoms with Gasteiger partial charge in [-0.3, -0.25) is 0 Å². The van der Waals surface area contributed by atoms with Crippen LogP contribution in [0.1, 0.15) is 23.9 Å². The molecule has 0 bridgehead atoms. The van der Waals surface area contributed by atoms with Gasteiger partial charge in [-0.2, -0.15) is 0 Å². The summed E-state index contributed by atoms with van der Waals surface area (Å²) in [5.41, 5.74) is 2.31. The summed E-state index contributed by atoms with van der Waals surface area (Å²) in [7, 11) is 2.84. The van der Waals surface area contributed by atoms with Gasteiger partial charge < -0.3 is 23.4 Å². The topological polar surface area (TPSA) is 80.0 Å². The minimum absolute atomic E-state index is 0.376. The van der Waals surface area contributed by atoms with Gasteiger partial charge in [0.15, 0.2) is 6.10 Å². The number of halogens is 1. The molecule has 7 nitrogen and oxygen atoms in total. The minimum Gasteiger partial charge on any atom is -0.493 e. The Morgan fingerprint density at radius 1 is 1.03 bits per heavy atom. The number of aromatic nitrogens is 1. The van der Waals surface area contributed by atoms with E-state index in [1.165, 1.54) is 26.4 Å². The van der Waals surface area contributed by atoms with Gasteiger partial charge in [-0.15, -0.1) is 0 Å². The lowest BCUT2D eigenvalue weighted by Crippen LogP contribution is -2.26. The van der Waals surface area contributed by atoms with Crippen LogP contribution in [0.3, 0.4) is 0 Å². The Kier molecular flexibility index (Phi) is 8.40. The molecule has 0 spiro atoms. The Bertz CT molecular complexity index is 1380. The van der Waals surface area contributed by atoms with E-state index in [0.717, 1.165) is 27.8 Å². The zero-order valence-electron chi connectivity index (χ0n) is 21.4. The zero-order chi connectivity index (χ0) is 26.4. The van der Waals surface area contributed by atoms with Crippen LogP contribution in [-0.2, 0) is 27.1 Å². The van der Waals surface area contributed by atoms with Crippen molar-refractivity contribution in [1.29, 1.82) is 0 Å². The van der Waals surface area contributed by atoms with Crippen molar-refractivity contribution in [1.82, 2.24) is 4.98 Å². The second-order valence-corrected chi connectivity index (χ2v) is 8.41. The van der Waals surface area contributed by atoms with Crippen molar-refractivity contribution in [2.24, 2.45) is 0 Å². The molecular formula is C29H30FNO6. The first kappa shape index (κ1) is 26.2. The summed E-state index contributed by atoms with van der Waals surface area (Å²) in [5, 5.41) is 1.91. The number of oxazole rings is 1. The van der Waals surface area contributed by atoms with Crippen molar-refractivity contribution in [2.45, 2.75) is 32.8 Å². The Morgan fingerprint density at radius 2 is 1.81 bits per heavy atom. The molecule has 37 heavy (non-hydrogen) atoms. The van der Waals surface area contributed by atoms with Crippen LogP contribution >= 0.6 is 0 Å². The van der Waals surface area contributed by atoms with Crippen LogP contribution < -0.4 is 9.47 Å². The third-order valence-electron chi connectivity index (χ3n) is 6.09. The molecule has 1 heterocycles. The molecule has 1 unspecified atom stereocenters. The van der Waals surface area contributed by atoms with E-state index in [4.69, 9.17) is 23.4 Å². The summed E-state index contributed by atoms with van der Waals surface area (Å²) in [5.74, 6) is 1.36. The van der Waals surface area contributed by atoms with E-state index in [1.54, 1.807) is 6.07 Å². The maximum absolute atomic E-state index is 13.7. The summed E-state index contributed by atoms with van der Waals surface area (Å²) in [6.45, 7) is 4.45. The van der Waals surface area contributed by atoms with E-state index in [1.807, 2.05) is 50.2 Å². The van der Waals surface area contributed by atoms with Gasteiger partial charge in [-0.1, -0.05) is 30.3 Å². The SMILES string of the molecule is CCOc1cc(F)ccc1-c1nc(CCOc2ccc(CC(OC)C(=O)OC)c3ccccc23)c(C)o1. The number of carbonyl (C=O) groups excluding carboxylic acids is 1. The van der Waals surface area contributed by atoms with Gasteiger partial charge in [0.05, 0.1) is 31.6 Å². The lowest BCUT2D eigenvalue weighted by Gasteiger charge is -2.16. The predicted molar refractivity (Wildman–Crippen MR) is 137 cm³/mol. The van der Waals surface area contributed by atoms with Crippen molar-refractivity contribution in [2.75, 3.05) is 27.4 Å². The van der Waals surface area contributed by atoms with Gasteiger partial charge in [-0.25, -0.2) is 14.2 Å². The highest BCUT2D eigenvalue weighted by Crippen LogP contribution is 2.32. The molecule has 0 fully saturated rings. The zero-order valence-corrected chi connectivity index (χ0v) is 21.4. The molecule has 0 aliphatic carbocycles. The third-order valence-corrected chi connectivity index (χ3v) is 6.09. The van der Waals surface area contributed by atoms with E-state index in [2.05, 4.69) is 4.98 Å². The highest BCUT2D eigenvalue weighted by atomic mass is 19.1. The lowest BCUT2D eigenvalue weighted by atomic mass is 9.99. The van der Waals surface area contributed by atoms with E-state index in [-0.39, 0.29) is 5.82 Å². The van der Waals surface area contributed by atoms with Gasteiger partial charge in [-0.05, 0) is 43.0 Å². The number of hydrogen-bond donors (Lipinski definition) is 0. The number of nitrogens with zero attached hydrogens (tertiary/aromatic N) is 1. The summed E-state index contributed by atoms with van der Waals surface area (Å²) < 4.78 is 41.4. The van der Waals surface area contributed by atoms with Crippen LogP contribution in [0, 0.1) is 12.7 Å². The fourth-order valence-corrected chi connectivity index (χ4v) is 4.21. The molecule has 0 amide bonds. The molecule has 194 valence electrons. The normalized spacial score (nSPS) is 11.9. The quantitative estimate of drug-likeness (QED) is 0.241. The molecule has 4 rings (SSSR count). The fourth-order valence-electron chi connectivity index (χ4n) is 4.21. The number of ether oxygens (including phenoxy) is 4. The molecular weight excluding hydrogens is 477 g/mol. The van der Waals surface area contributed by atoms with Crippen molar-refractivity contribution >= 4 is 16.7 Å². The molecule has 1 aromatic heterocycles. The lowest BCUT2D eigenvalue weighted by molar-refractivity contribution is -0.152. The van der Waals surface area contributed by atoms with Crippen LogP contribution in [0.2, 0.25) is 0 Å². The first-order chi connectivity index (χ1) is 17.9. The molecule has 1 atom stereocenters. The van der Waals surface area contributed by atoms with Crippen molar-refractivity contribution in [3.05, 3.63) is 77.4 Å². The number of fused-ring (bicyclic) bond motifs is 1. The molecule has 0 N–H and O–H groups in total. The van der Waals surface area contributed by atoms with Gasteiger partial charge in [0.2, 0.25) is 5.89 Å². The number of aryl methyl sites for hydroxylation is 1. The van der Waals surface area contributed by atoms with E-state index < -0.39 is 12.1 Å². The molecule has 0 aliphatic rings. The van der Waals surface area contributed by atoms with Crippen LogP contribution in [0.25, 0.3) is 22.2 Å². The second-order valence-electron chi connectivity index (χ2n) is 8.41. The molecule has 3 aromatic carbocycles. The molecule has 4 aromatic rings. The molecule has 8 heteroatoms. The Morgan fingerprint density at radius 3 is 2.54 bits per heavy atom. The van der Waals surface area contributed by atoms with Gasteiger partial charge in [0.25, 0.3) is 0 Å². The first-order valence-electron chi connectivity index (χ1n) is 12.1. The second kappa shape index (κ2) is 11.9. The van der Waals surface area contributed by atoms with Crippen LogP contribution in [0.4, 0.5) is 4.39 Å². The molecule has 0 aliphatic heterocycles. The maximum atomic E-state index is 13.7. The van der Waals surface area contributed by atoms with Gasteiger partial charge in [0, 0.05) is 31.4 Å². The van der Waals surface area contributed by atoms with Crippen molar-refractivity contribution in [3.63, 3.8) is 0 Å². The number of methoxy groups -OCH3 is 2. The number of benzene rings is 3. The van der Waals surface area contributed by atoms with E-state index in [9.17, 15) is 9.18 Å². The number of carbonyl (C=O) groups is 1. The van der Waals surface area contributed by atoms with Crippen molar-refractivity contribution < 1.29 is 32.5 Å². The molecule has 0 saturated heterocycles. The standard InChI is InChI=1S/C29H30FNO6/c1-5-35-26-17-20(30)11-12-23(26)28-31-24(18(2)37-28)14-15-36-25-13-10-19(16-27(33-3)29(32)34-4)21-8-6-7-9-22(21)25/h6-13,17,27H,5,14-16H2,1-4H3. The summed E-state index contributed by atoms with van der Waals surface area (Å²) in [4.78, 5) is 16.6. The highest BCUT2D eigenvalue weighted by molar-refractivity contribution is 5.91. The average molecular weight is 508 g/mol.